The molecule has 2 heterocycles. The maximum absolute atomic E-state index is 5.18. The van der Waals surface area contributed by atoms with E-state index >= 15 is 0 Å². The zero-order valence-corrected chi connectivity index (χ0v) is 12.9. The van der Waals surface area contributed by atoms with E-state index in [0.29, 0.717) is 0 Å². The normalized spacial score (nSPS) is 10.9. The van der Waals surface area contributed by atoms with Crippen molar-refractivity contribution in [3.05, 3.63) is 52.5 Å². The van der Waals surface area contributed by atoms with Crippen LogP contribution in [0.4, 0.5) is 0 Å². The Morgan fingerprint density at radius 2 is 1.95 bits per heavy atom. The number of aryl methyl sites for hydroxylation is 1. The van der Waals surface area contributed by atoms with Gasteiger partial charge in [-0.05, 0) is 33.6 Å². The van der Waals surface area contributed by atoms with Gasteiger partial charge in [-0.15, -0.1) is 0 Å². The molecular weight excluding hydrogens is 318 g/mol. The number of halogens is 1. The zero-order chi connectivity index (χ0) is 14.1. The highest BCUT2D eigenvalue weighted by molar-refractivity contribution is 9.10. The lowest BCUT2D eigenvalue weighted by molar-refractivity contribution is 0.414. The molecule has 0 aliphatic rings. The second kappa shape index (κ2) is 5.25. The summed E-state index contributed by atoms with van der Waals surface area (Å²) in [6.45, 7) is 0. The van der Waals surface area contributed by atoms with Gasteiger partial charge in [0.1, 0.15) is 17.7 Å². The van der Waals surface area contributed by atoms with Crippen molar-refractivity contribution >= 4 is 27.0 Å². The average Bonchev–Trinajstić information content (AvgIpc) is 2.76. The van der Waals surface area contributed by atoms with Crippen LogP contribution in [0.3, 0.4) is 0 Å². The van der Waals surface area contributed by atoms with Gasteiger partial charge < -0.3 is 9.30 Å². The molecule has 4 nitrogen and oxygen atoms in total. The van der Waals surface area contributed by atoms with Crippen LogP contribution in [0.1, 0.15) is 11.3 Å². The van der Waals surface area contributed by atoms with Crippen molar-refractivity contribution in [1.82, 2.24) is 14.5 Å². The van der Waals surface area contributed by atoms with Gasteiger partial charge in [0.25, 0.3) is 0 Å². The Kier molecular flexibility index (Phi) is 3.44. The van der Waals surface area contributed by atoms with Crippen LogP contribution >= 0.6 is 15.9 Å². The third kappa shape index (κ3) is 2.29. The number of ether oxygens (including phenoxy) is 1. The summed E-state index contributed by atoms with van der Waals surface area (Å²) in [7, 11) is 3.65. The lowest BCUT2D eigenvalue weighted by Gasteiger charge is -2.05. The minimum absolute atomic E-state index is 0.769. The summed E-state index contributed by atoms with van der Waals surface area (Å²) < 4.78 is 8.20. The quantitative estimate of drug-likeness (QED) is 0.739. The second-order valence-corrected chi connectivity index (χ2v) is 5.49. The number of methoxy groups -OCH3 is 1. The van der Waals surface area contributed by atoms with E-state index < -0.39 is 0 Å². The van der Waals surface area contributed by atoms with Crippen LogP contribution in [-0.4, -0.2) is 21.6 Å². The summed E-state index contributed by atoms with van der Waals surface area (Å²) in [6, 6.07) is 8.05. The molecule has 0 N–H and O–H groups in total. The third-order valence-corrected chi connectivity index (χ3v) is 3.92. The SMILES string of the molecule is COc1ccc(Cc2ncnc3c2c(Br)cn3C)cc1. The van der Waals surface area contributed by atoms with E-state index in [4.69, 9.17) is 4.74 Å². The lowest BCUT2D eigenvalue weighted by Crippen LogP contribution is -1.96. The molecule has 2 aromatic heterocycles. The fourth-order valence-electron chi connectivity index (χ4n) is 2.29. The van der Waals surface area contributed by atoms with Crippen LogP contribution < -0.4 is 4.74 Å². The Labute approximate surface area is 125 Å². The monoisotopic (exact) mass is 331 g/mol. The van der Waals surface area contributed by atoms with Gasteiger partial charge in [0.2, 0.25) is 0 Å². The Morgan fingerprint density at radius 1 is 1.20 bits per heavy atom. The molecule has 0 spiro atoms. The van der Waals surface area contributed by atoms with Crippen LogP contribution in [0.5, 0.6) is 5.75 Å². The van der Waals surface area contributed by atoms with Gasteiger partial charge in [0.15, 0.2) is 0 Å². The highest BCUT2D eigenvalue weighted by Crippen LogP contribution is 2.27. The lowest BCUT2D eigenvalue weighted by atomic mass is 10.1. The maximum Gasteiger partial charge on any atom is 0.144 e. The molecule has 0 amide bonds. The first-order valence-corrected chi connectivity index (χ1v) is 7.05. The highest BCUT2D eigenvalue weighted by atomic mass is 79.9. The molecule has 0 atom stereocenters. The molecule has 0 bridgehead atoms. The maximum atomic E-state index is 5.18. The summed E-state index contributed by atoms with van der Waals surface area (Å²) in [5, 5.41) is 1.07. The van der Waals surface area contributed by atoms with E-state index in [9.17, 15) is 0 Å². The molecule has 3 aromatic rings. The smallest absolute Gasteiger partial charge is 0.144 e. The Balaban J connectivity index is 2.01. The predicted molar refractivity (Wildman–Crippen MR) is 82.0 cm³/mol. The molecule has 0 unspecified atom stereocenters. The number of hydrogen-bond acceptors (Lipinski definition) is 3. The minimum atomic E-state index is 0.769. The van der Waals surface area contributed by atoms with Gasteiger partial charge in [-0.25, -0.2) is 9.97 Å². The van der Waals surface area contributed by atoms with Crippen LogP contribution in [-0.2, 0) is 13.5 Å². The van der Waals surface area contributed by atoms with Gasteiger partial charge in [-0.3, -0.25) is 0 Å². The van der Waals surface area contributed by atoms with E-state index in [0.717, 1.165) is 33.4 Å². The van der Waals surface area contributed by atoms with Crippen molar-refractivity contribution < 1.29 is 4.74 Å². The largest absolute Gasteiger partial charge is 0.497 e. The minimum Gasteiger partial charge on any atom is -0.497 e. The first-order valence-electron chi connectivity index (χ1n) is 6.26. The molecular formula is C15H14BrN3O. The zero-order valence-electron chi connectivity index (χ0n) is 11.3. The number of benzene rings is 1. The van der Waals surface area contributed by atoms with Crippen LogP contribution in [0.25, 0.3) is 11.0 Å². The van der Waals surface area contributed by atoms with E-state index in [2.05, 4.69) is 38.0 Å². The highest BCUT2D eigenvalue weighted by Gasteiger charge is 2.12. The fourth-order valence-corrected chi connectivity index (χ4v) is 3.00. The molecule has 0 radical (unpaired) electrons. The predicted octanol–water partition coefficient (Wildman–Crippen LogP) is 3.33. The summed E-state index contributed by atoms with van der Waals surface area (Å²) in [6.07, 6.45) is 4.40. The van der Waals surface area contributed by atoms with E-state index in [1.165, 1.54) is 5.56 Å². The number of aromatic nitrogens is 3. The van der Waals surface area contributed by atoms with E-state index in [-0.39, 0.29) is 0 Å². The first-order chi connectivity index (χ1) is 9.69. The fraction of sp³-hybridized carbons (Fsp3) is 0.200. The molecule has 1 aromatic carbocycles. The number of hydrogen-bond donors (Lipinski definition) is 0. The average molecular weight is 332 g/mol. The Bertz CT molecular complexity index is 750. The molecule has 20 heavy (non-hydrogen) atoms. The summed E-state index contributed by atoms with van der Waals surface area (Å²) in [5.74, 6) is 0.863. The molecule has 5 heteroatoms. The van der Waals surface area contributed by atoms with Crippen molar-refractivity contribution in [3.8, 4) is 5.75 Å². The van der Waals surface area contributed by atoms with Crippen LogP contribution in [0.2, 0.25) is 0 Å². The molecule has 0 fully saturated rings. The van der Waals surface area contributed by atoms with Crippen molar-refractivity contribution in [1.29, 1.82) is 0 Å². The van der Waals surface area contributed by atoms with Crippen molar-refractivity contribution in [2.24, 2.45) is 7.05 Å². The van der Waals surface area contributed by atoms with Crippen molar-refractivity contribution in [3.63, 3.8) is 0 Å². The number of fused-ring (bicyclic) bond motifs is 1. The third-order valence-electron chi connectivity index (χ3n) is 3.32. The molecule has 0 saturated heterocycles. The molecule has 0 saturated carbocycles. The first kappa shape index (κ1) is 13.1. The number of rotatable bonds is 3. The molecule has 102 valence electrons. The van der Waals surface area contributed by atoms with Crippen molar-refractivity contribution in [2.45, 2.75) is 6.42 Å². The molecule has 0 aliphatic heterocycles. The van der Waals surface area contributed by atoms with Gasteiger partial charge in [0.05, 0.1) is 18.2 Å². The summed E-state index contributed by atoms with van der Waals surface area (Å²) in [5.41, 5.74) is 3.16. The van der Waals surface area contributed by atoms with Crippen molar-refractivity contribution in [2.75, 3.05) is 7.11 Å². The van der Waals surface area contributed by atoms with Gasteiger partial charge >= 0.3 is 0 Å². The Hall–Kier alpha value is -1.88. The van der Waals surface area contributed by atoms with Gasteiger partial charge in [0, 0.05) is 24.1 Å². The van der Waals surface area contributed by atoms with Crippen LogP contribution in [0, 0.1) is 0 Å². The second-order valence-electron chi connectivity index (χ2n) is 4.63. The van der Waals surface area contributed by atoms with E-state index in [1.807, 2.05) is 29.9 Å². The topological polar surface area (TPSA) is 39.9 Å². The summed E-state index contributed by atoms with van der Waals surface area (Å²) >= 11 is 3.58. The number of nitrogens with zero attached hydrogens (tertiary/aromatic N) is 3. The standard InChI is InChI=1S/C15H14BrN3O/c1-19-8-12(16)14-13(17-9-18-15(14)19)7-10-3-5-11(20-2)6-4-10/h3-6,8-9H,7H2,1-2H3. The molecule has 0 aliphatic carbocycles. The van der Waals surface area contributed by atoms with Gasteiger partial charge in [-0.1, -0.05) is 12.1 Å². The Morgan fingerprint density at radius 3 is 2.65 bits per heavy atom. The van der Waals surface area contributed by atoms with Gasteiger partial charge in [-0.2, -0.15) is 0 Å². The molecule has 3 rings (SSSR count). The summed E-state index contributed by atoms with van der Waals surface area (Å²) in [4.78, 5) is 8.77. The van der Waals surface area contributed by atoms with Crippen LogP contribution in [0.15, 0.2) is 41.3 Å². The van der Waals surface area contributed by atoms with E-state index in [1.54, 1.807) is 13.4 Å².